The Bertz CT molecular complexity index is 786. The first-order valence-electron chi connectivity index (χ1n) is 9.20. The van der Waals surface area contributed by atoms with Gasteiger partial charge >= 0.3 is 6.18 Å². The van der Waals surface area contributed by atoms with Crippen molar-refractivity contribution in [1.82, 2.24) is 9.88 Å². The minimum atomic E-state index is -4.36. The van der Waals surface area contributed by atoms with Crippen LogP contribution in [0.3, 0.4) is 0 Å². The molecule has 27 heavy (non-hydrogen) atoms. The average molecular weight is 377 g/mol. The number of rotatable bonds is 2. The Kier molecular flexibility index (Phi) is 4.82. The van der Waals surface area contributed by atoms with Crippen LogP contribution < -0.4 is 4.90 Å². The third-order valence-corrected chi connectivity index (χ3v) is 5.58. The van der Waals surface area contributed by atoms with Crippen LogP contribution in [0.15, 0.2) is 42.6 Å². The highest BCUT2D eigenvalue weighted by Gasteiger charge is 2.32. The summed E-state index contributed by atoms with van der Waals surface area (Å²) in [6.07, 6.45) is -2.12. The molecule has 0 bridgehead atoms. The highest BCUT2D eigenvalue weighted by atomic mass is 19.4. The maximum absolute atomic E-state index is 12.7. The van der Waals surface area contributed by atoms with Gasteiger partial charge in [-0.3, -0.25) is 4.90 Å². The topological polar surface area (TPSA) is 39.6 Å². The molecule has 2 aromatic rings. The van der Waals surface area contributed by atoms with Crippen LogP contribution >= 0.6 is 0 Å². The van der Waals surface area contributed by atoms with Crippen LogP contribution in [0.5, 0.6) is 0 Å². The van der Waals surface area contributed by atoms with Crippen molar-refractivity contribution < 1.29 is 18.3 Å². The SMILES string of the molecule is O[C@@H]1CN(C2CCN(c3ccc(C(F)(F)F)cn3)CC2)Cc2ccccc21. The molecule has 0 unspecified atom stereocenters. The van der Waals surface area contributed by atoms with Crippen LogP contribution in [-0.4, -0.2) is 40.7 Å². The lowest BCUT2D eigenvalue weighted by Gasteiger charge is -2.42. The van der Waals surface area contributed by atoms with Crippen molar-refractivity contribution >= 4 is 5.82 Å². The van der Waals surface area contributed by atoms with Gasteiger partial charge in [0.25, 0.3) is 0 Å². The quantitative estimate of drug-likeness (QED) is 0.868. The summed E-state index contributed by atoms with van der Waals surface area (Å²) in [7, 11) is 0. The van der Waals surface area contributed by atoms with Crippen molar-refractivity contribution in [1.29, 1.82) is 0 Å². The molecule has 0 amide bonds. The summed E-state index contributed by atoms with van der Waals surface area (Å²) in [5.74, 6) is 0.588. The number of pyridine rings is 1. The molecule has 1 saturated heterocycles. The fourth-order valence-corrected chi connectivity index (χ4v) is 4.09. The fourth-order valence-electron chi connectivity index (χ4n) is 4.09. The summed E-state index contributed by atoms with van der Waals surface area (Å²) in [5, 5.41) is 10.4. The molecule has 1 atom stereocenters. The van der Waals surface area contributed by atoms with Crippen LogP contribution in [0.4, 0.5) is 19.0 Å². The van der Waals surface area contributed by atoms with E-state index in [1.165, 1.54) is 11.6 Å². The minimum absolute atomic E-state index is 0.360. The molecule has 2 aliphatic heterocycles. The minimum Gasteiger partial charge on any atom is -0.387 e. The van der Waals surface area contributed by atoms with E-state index in [1.807, 2.05) is 23.1 Å². The van der Waals surface area contributed by atoms with E-state index in [0.717, 1.165) is 50.3 Å². The zero-order valence-electron chi connectivity index (χ0n) is 14.9. The van der Waals surface area contributed by atoms with Crippen LogP contribution in [0.1, 0.15) is 35.6 Å². The molecule has 4 nitrogen and oxygen atoms in total. The van der Waals surface area contributed by atoms with Crippen molar-refractivity contribution in [3.05, 3.63) is 59.3 Å². The Labute approximate surface area is 156 Å². The number of aliphatic hydroxyl groups excluding tert-OH is 1. The van der Waals surface area contributed by atoms with Crippen LogP contribution in [0.25, 0.3) is 0 Å². The van der Waals surface area contributed by atoms with Gasteiger partial charge in [-0.1, -0.05) is 24.3 Å². The molecular formula is C20H22F3N3O. The van der Waals surface area contributed by atoms with E-state index in [2.05, 4.69) is 16.0 Å². The third kappa shape index (κ3) is 3.80. The molecule has 1 aromatic heterocycles. The summed E-state index contributed by atoms with van der Waals surface area (Å²) >= 11 is 0. The first kappa shape index (κ1) is 18.3. The van der Waals surface area contributed by atoms with Gasteiger partial charge in [0.1, 0.15) is 5.82 Å². The van der Waals surface area contributed by atoms with Gasteiger partial charge in [-0.15, -0.1) is 0 Å². The molecular weight excluding hydrogens is 355 g/mol. The lowest BCUT2D eigenvalue weighted by atomic mass is 9.94. The Morgan fingerprint density at radius 2 is 1.78 bits per heavy atom. The number of β-amino-alcohol motifs (C(OH)–C–C–N with tert-alkyl or cyclic N) is 1. The Balaban J connectivity index is 1.38. The summed E-state index contributed by atoms with van der Waals surface area (Å²) in [4.78, 5) is 8.36. The second-order valence-electron chi connectivity index (χ2n) is 7.27. The van der Waals surface area contributed by atoms with Crippen LogP contribution in [0, 0.1) is 0 Å². The smallest absolute Gasteiger partial charge is 0.387 e. The molecule has 1 N–H and O–H groups in total. The van der Waals surface area contributed by atoms with Gasteiger partial charge in [-0.25, -0.2) is 4.98 Å². The van der Waals surface area contributed by atoms with Gasteiger partial charge in [0.05, 0.1) is 11.7 Å². The highest BCUT2D eigenvalue weighted by molar-refractivity contribution is 5.40. The zero-order chi connectivity index (χ0) is 19.0. The van der Waals surface area contributed by atoms with E-state index in [9.17, 15) is 18.3 Å². The standard InChI is InChI=1S/C20H22F3N3O/c21-20(22,23)15-5-6-19(24-11-15)25-9-7-16(8-10-25)26-12-14-3-1-2-4-17(14)18(27)13-26/h1-6,11,16,18,27H,7-10,12-13H2/t18-/m1/s1. The van der Waals surface area contributed by atoms with E-state index >= 15 is 0 Å². The van der Waals surface area contributed by atoms with Gasteiger partial charge in [0.15, 0.2) is 0 Å². The number of nitrogens with zero attached hydrogens (tertiary/aromatic N) is 3. The predicted octanol–water partition coefficient (Wildman–Crippen LogP) is 3.62. The van der Waals surface area contributed by atoms with E-state index < -0.39 is 17.8 Å². The number of hydrogen-bond donors (Lipinski definition) is 1. The molecule has 0 saturated carbocycles. The number of alkyl halides is 3. The maximum Gasteiger partial charge on any atom is 0.417 e. The predicted molar refractivity (Wildman–Crippen MR) is 96.3 cm³/mol. The largest absolute Gasteiger partial charge is 0.417 e. The van der Waals surface area contributed by atoms with E-state index in [-0.39, 0.29) is 0 Å². The molecule has 7 heteroatoms. The molecule has 0 aliphatic carbocycles. The number of benzene rings is 1. The number of piperidine rings is 1. The van der Waals surface area contributed by atoms with Gasteiger partial charge < -0.3 is 10.0 Å². The number of aliphatic hydroxyl groups is 1. The maximum atomic E-state index is 12.7. The molecule has 0 radical (unpaired) electrons. The Morgan fingerprint density at radius 3 is 2.44 bits per heavy atom. The lowest BCUT2D eigenvalue weighted by Crippen LogP contribution is -2.47. The van der Waals surface area contributed by atoms with Crippen LogP contribution in [0.2, 0.25) is 0 Å². The molecule has 1 fully saturated rings. The van der Waals surface area contributed by atoms with Crippen LogP contribution in [-0.2, 0) is 12.7 Å². The number of halogens is 3. The summed E-state index contributed by atoms with van der Waals surface area (Å²) in [6.45, 7) is 2.95. The van der Waals surface area contributed by atoms with Gasteiger partial charge in [-0.05, 0) is 36.1 Å². The van der Waals surface area contributed by atoms with Crippen molar-refractivity contribution in [3.8, 4) is 0 Å². The van der Waals surface area contributed by atoms with E-state index in [0.29, 0.717) is 18.4 Å². The van der Waals surface area contributed by atoms with Gasteiger partial charge in [0.2, 0.25) is 0 Å². The second kappa shape index (κ2) is 7.13. The number of aromatic nitrogens is 1. The Morgan fingerprint density at radius 1 is 1.04 bits per heavy atom. The molecule has 144 valence electrons. The Hall–Kier alpha value is -2.12. The molecule has 3 heterocycles. The first-order chi connectivity index (χ1) is 12.9. The first-order valence-corrected chi connectivity index (χ1v) is 9.20. The van der Waals surface area contributed by atoms with Gasteiger partial charge in [-0.2, -0.15) is 13.2 Å². The van der Waals surface area contributed by atoms with Crippen molar-refractivity contribution in [2.75, 3.05) is 24.5 Å². The normalized spacial score (nSPS) is 21.9. The molecule has 1 aromatic carbocycles. The highest BCUT2D eigenvalue weighted by Crippen LogP contribution is 2.32. The summed E-state index contributed by atoms with van der Waals surface area (Å²) in [6, 6.07) is 10.9. The van der Waals surface area contributed by atoms with Crippen molar-refractivity contribution in [2.45, 2.75) is 37.7 Å². The number of fused-ring (bicyclic) bond motifs is 1. The molecule has 0 spiro atoms. The second-order valence-corrected chi connectivity index (χ2v) is 7.27. The lowest BCUT2D eigenvalue weighted by molar-refractivity contribution is -0.137. The summed E-state index contributed by atoms with van der Waals surface area (Å²) < 4.78 is 38.0. The van der Waals surface area contributed by atoms with E-state index in [1.54, 1.807) is 0 Å². The zero-order valence-corrected chi connectivity index (χ0v) is 14.9. The van der Waals surface area contributed by atoms with E-state index in [4.69, 9.17) is 0 Å². The molecule has 2 aliphatic rings. The monoisotopic (exact) mass is 377 g/mol. The fraction of sp³-hybridized carbons (Fsp3) is 0.450. The van der Waals surface area contributed by atoms with Crippen molar-refractivity contribution in [3.63, 3.8) is 0 Å². The molecule has 4 rings (SSSR count). The summed E-state index contributed by atoms with van der Waals surface area (Å²) in [5.41, 5.74) is 1.46. The van der Waals surface area contributed by atoms with Crippen molar-refractivity contribution in [2.24, 2.45) is 0 Å². The van der Waals surface area contributed by atoms with Gasteiger partial charge in [0, 0.05) is 38.4 Å². The number of hydrogen-bond acceptors (Lipinski definition) is 4. The third-order valence-electron chi connectivity index (χ3n) is 5.58. The average Bonchev–Trinajstić information content (AvgIpc) is 2.67. The number of anilines is 1.